The molecule has 36 heavy (non-hydrogen) atoms. The fourth-order valence-corrected chi connectivity index (χ4v) is 5.38. The van der Waals surface area contributed by atoms with Crippen molar-refractivity contribution in [2.45, 2.75) is 26.7 Å². The van der Waals surface area contributed by atoms with Crippen LogP contribution in [0.5, 0.6) is 0 Å². The van der Waals surface area contributed by atoms with Crippen LogP contribution in [0.15, 0.2) is 59.1 Å². The van der Waals surface area contributed by atoms with E-state index in [0.29, 0.717) is 51.9 Å². The summed E-state index contributed by atoms with van der Waals surface area (Å²) in [6, 6.07) is 16.6. The van der Waals surface area contributed by atoms with Gasteiger partial charge in [0.25, 0.3) is 0 Å². The zero-order valence-electron chi connectivity index (χ0n) is 20.3. The SMILES string of the molecule is CCOC(=O)c1cccc(Nc2cc(N3CCCC(C)C3)c3noc4c3c2C(=O)c2ccccc2-4)c1. The second-order valence-corrected chi connectivity index (χ2v) is 9.55. The van der Waals surface area contributed by atoms with Crippen LogP contribution in [0.3, 0.4) is 0 Å². The molecule has 7 heteroatoms. The Balaban J connectivity index is 1.53. The number of nitrogens with zero attached hydrogens (tertiary/aromatic N) is 2. The molecule has 1 aromatic heterocycles. The van der Waals surface area contributed by atoms with Crippen molar-refractivity contribution in [1.29, 1.82) is 0 Å². The van der Waals surface area contributed by atoms with Gasteiger partial charge in [-0.2, -0.15) is 0 Å². The van der Waals surface area contributed by atoms with Crippen LogP contribution in [-0.4, -0.2) is 36.6 Å². The summed E-state index contributed by atoms with van der Waals surface area (Å²) in [5, 5.41) is 8.64. The lowest BCUT2D eigenvalue weighted by Crippen LogP contribution is -2.34. The molecule has 1 aliphatic carbocycles. The third-order valence-electron chi connectivity index (χ3n) is 7.03. The normalized spacial score (nSPS) is 16.7. The van der Waals surface area contributed by atoms with Crippen molar-refractivity contribution in [3.63, 3.8) is 0 Å². The van der Waals surface area contributed by atoms with E-state index in [0.717, 1.165) is 36.1 Å². The molecular formula is C29H27N3O4. The Morgan fingerprint density at radius 1 is 1.17 bits per heavy atom. The zero-order valence-corrected chi connectivity index (χ0v) is 20.3. The van der Waals surface area contributed by atoms with Gasteiger partial charge < -0.3 is 19.5 Å². The van der Waals surface area contributed by atoms with Gasteiger partial charge in [-0.1, -0.05) is 42.4 Å². The average molecular weight is 482 g/mol. The highest BCUT2D eigenvalue weighted by molar-refractivity contribution is 6.28. The largest absolute Gasteiger partial charge is 0.462 e. The predicted octanol–water partition coefficient (Wildman–Crippen LogP) is 6.20. The molecule has 0 bridgehead atoms. The third-order valence-corrected chi connectivity index (χ3v) is 7.03. The molecule has 6 rings (SSSR count). The van der Waals surface area contributed by atoms with Crippen molar-refractivity contribution in [3.05, 3.63) is 71.3 Å². The summed E-state index contributed by atoms with van der Waals surface area (Å²) in [5.41, 5.74) is 5.36. The Morgan fingerprint density at radius 2 is 2.00 bits per heavy atom. The van der Waals surface area contributed by atoms with E-state index in [-0.39, 0.29) is 11.8 Å². The van der Waals surface area contributed by atoms with E-state index in [2.05, 4.69) is 22.3 Å². The van der Waals surface area contributed by atoms with Gasteiger partial charge in [-0.05, 0) is 49.9 Å². The van der Waals surface area contributed by atoms with E-state index in [1.54, 1.807) is 25.1 Å². The van der Waals surface area contributed by atoms with E-state index in [4.69, 9.17) is 9.26 Å². The van der Waals surface area contributed by atoms with Crippen LogP contribution in [0.1, 0.15) is 53.0 Å². The second kappa shape index (κ2) is 8.82. The first-order valence-corrected chi connectivity index (χ1v) is 12.4. The number of carbonyl (C=O) groups is 2. The maximum atomic E-state index is 13.8. The van der Waals surface area contributed by atoms with E-state index in [1.165, 1.54) is 6.42 Å². The van der Waals surface area contributed by atoms with Gasteiger partial charge in [-0.3, -0.25) is 4.79 Å². The maximum absolute atomic E-state index is 13.8. The lowest BCUT2D eigenvalue weighted by molar-refractivity contribution is 0.0526. The Morgan fingerprint density at radius 3 is 2.81 bits per heavy atom. The summed E-state index contributed by atoms with van der Waals surface area (Å²) in [7, 11) is 0. The lowest BCUT2D eigenvalue weighted by Gasteiger charge is -2.33. The molecule has 0 amide bonds. The average Bonchev–Trinajstić information content (AvgIpc) is 3.33. The molecule has 0 radical (unpaired) electrons. The van der Waals surface area contributed by atoms with Gasteiger partial charge in [0.2, 0.25) is 0 Å². The molecular weight excluding hydrogens is 454 g/mol. The van der Waals surface area contributed by atoms with Crippen molar-refractivity contribution in [2.75, 3.05) is 29.9 Å². The lowest BCUT2D eigenvalue weighted by atomic mass is 9.86. The molecule has 4 aromatic rings. The standard InChI is InChI=1S/C29H27N3O4/c1-3-35-29(34)18-9-6-10-19(14-18)30-22-15-23(32-13-7-8-17(2)16-32)26-25-24(22)27(33)20-11-4-5-12-21(20)28(25)36-31-26/h4-6,9-12,14-15,17,30H,3,7-8,13,16H2,1-2H3. The van der Waals surface area contributed by atoms with Crippen LogP contribution in [0.2, 0.25) is 0 Å². The highest BCUT2D eigenvalue weighted by Crippen LogP contribution is 2.46. The highest BCUT2D eigenvalue weighted by Gasteiger charge is 2.34. The molecule has 1 aliphatic heterocycles. The summed E-state index contributed by atoms with van der Waals surface area (Å²) in [6.07, 6.45) is 2.29. The quantitative estimate of drug-likeness (QED) is 0.299. The molecule has 0 saturated carbocycles. The predicted molar refractivity (Wildman–Crippen MR) is 139 cm³/mol. The number of hydrogen-bond acceptors (Lipinski definition) is 7. The van der Waals surface area contributed by atoms with Gasteiger partial charge in [-0.15, -0.1) is 0 Å². The van der Waals surface area contributed by atoms with E-state index in [1.807, 2.05) is 36.4 Å². The Hall–Kier alpha value is -4.13. The van der Waals surface area contributed by atoms with Crippen molar-refractivity contribution in [2.24, 2.45) is 5.92 Å². The number of ether oxygens (including phenoxy) is 1. The fraction of sp³-hybridized carbons (Fsp3) is 0.276. The number of anilines is 3. The summed E-state index contributed by atoms with van der Waals surface area (Å²) < 4.78 is 11.1. The number of piperidine rings is 1. The summed E-state index contributed by atoms with van der Waals surface area (Å²) in [6.45, 7) is 6.18. The van der Waals surface area contributed by atoms with Crippen LogP contribution in [0, 0.1) is 5.92 Å². The Kier molecular flexibility index (Phi) is 5.48. The minimum absolute atomic E-state index is 0.0751. The van der Waals surface area contributed by atoms with Gasteiger partial charge in [0, 0.05) is 29.9 Å². The zero-order chi connectivity index (χ0) is 24.8. The molecule has 1 N–H and O–H groups in total. The summed E-state index contributed by atoms with van der Waals surface area (Å²) in [5.74, 6) is 0.722. The van der Waals surface area contributed by atoms with Gasteiger partial charge in [-0.25, -0.2) is 4.79 Å². The summed E-state index contributed by atoms with van der Waals surface area (Å²) >= 11 is 0. The molecule has 2 heterocycles. The minimum atomic E-state index is -0.382. The topological polar surface area (TPSA) is 84.7 Å². The molecule has 3 aromatic carbocycles. The number of carbonyl (C=O) groups excluding carboxylic acids is 2. The van der Waals surface area contributed by atoms with E-state index < -0.39 is 0 Å². The minimum Gasteiger partial charge on any atom is -0.462 e. The molecule has 1 saturated heterocycles. The van der Waals surface area contributed by atoms with E-state index >= 15 is 0 Å². The number of benzene rings is 3. The van der Waals surface area contributed by atoms with Crippen LogP contribution in [-0.2, 0) is 4.74 Å². The Labute approximate surface area is 209 Å². The molecule has 7 nitrogen and oxygen atoms in total. The second-order valence-electron chi connectivity index (χ2n) is 9.55. The first-order chi connectivity index (χ1) is 17.5. The number of rotatable bonds is 5. The molecule has 1 unspecified atom stereocenters. The monoisotopic (exact) mass is 481 g/mol. The van der Waals surface area contributed by atoms with Gasteiger partial charge in [0.15, 0.2) is 11.5 Å². The highest BCUT2D eigenvalue weighted by atomic mass is 16.5. The van der Waals surface area contributed by atoms with Gasteiger partial charge in [0.1, 0.15) is 5.52 Å². The first-order valence-electron chi connectivity index (χ1n) is 12.4. The molecule has 0 spiro atoms. The number of esters is 1. The Bertz CT molecular complexity index is 1510. The molecule has 1 fully saturated rings. The van der Waals surface area contributed by atoms with Crippen molar-refractivity contribution in [1.82, 2.24) is 5.16 Å². The number of aromatic nitrogens is 1. The first kappa shape index (κ1) is 22.3. The molecule has 2 aliphatic rings. The number of hydrogen-bond donors (Lipinski definition) is 1. The molecule has 1 atom stereocenters. The fourth-order valence-electron chi connectivity index (χ4n) is 5.38. The van der Waals surface area contributed by atoms with Gasteiger partial charge in [0.05, 0.1) is 34.5 Å². The van der Waals surface area contributed by atoms with Crippen LogP contribution in [0.4, 0.5) is 17.1 Å². The van der Waals surface area contributed by atoms with Crippen molar-refractivity contribution < 1.29 is 18.8 Å². The van der Waals surface area contributed by atoms with Crippen LogP contribution < -0.4 is 10.2 Å². The smallest absolute Gasteiger partial charge is 0.338 e. The summed E-state index contributed by atoms with van der Waals surface area (Å²) in [4.78, 5) is 28.5. The van der Waals surface area contributed by atoms with Crippen molar-refractivity contribution >= 4 is 39.7 Å². The molecule has 182 valence electrons. The number of ketones is 1. The van der Waals surface area contributed by atoms with Crippen LogP contribution >= 0.6 is 0 Å². The number of nitrogens with one attached hydrogen (secondary N) is 1. The van der Waals surface area contributed by atoms with Crippen LogP contribution in [0.25, 0.3) is 22.2 Å². The van der Waals surface area contributed by atoms with Gasteiger partial charge >= 0.3 is 5.97 Å². The third kappa shape index (κ3) is 3.63. The van der Waals surface area contributed by atoms with Crippen molar-refractivity contribution in [3.8, 4) is 11.3 Å². The van der Waals surface area contributed by atoms with E-state index in [9.17, 15) is 9.59 Å². The number of fused-ring (bicyclic) bond motifs is 2. The maximum Gasteiger partial charge on any atom is 0.338 e.